The number of hydrogen-bond acceptors (Lipinski definition) is 5. The number of aromatic nitrogens is 2. The highest BCUT2D eigenvalue weighted by Crippen LogP contribution is 2.23. The number of nitrogens with one attached hydrogen (secondary N) is 1. The van der Waals surface area contributed by atoms with Gasteiger partial charge >= 0.3 is 0 Å². The Hall–Kier alpha value is -0.910. The molecule has 1 aliphatic heterocycles. The number of aliphatic hydroxyl groups excluding tert-OH is 1. The fraction of sp³-hybridized carbons (Fsp3) is 0.556. The van der Waals surface area contributed by atoms with Crippen molar-refractivity contribution < 1.29 is 5.11 Å². The first kappa shape index (κ1) is 10.6. The van der Waals surface area contributed by atoms with E-state index in [-0.39, 0.29) is 6.61 Å². The van der Waals surface area contributed by atoms with Crippen LogP contribution in [-0.2, 0) is 6.61 Å². The van der Waals surface area contributed by atoms with Crippen molar-refractivity contribution in [1.82, 2.24) is 15.3 Å². The second-order valence-corrected chi connectivity index (χ2v) is 3.72. The molecule has 82 valence electrons. The van der Waals surface area contributed by atoms with Crippen LogP contribution in [0.25, 0.3) is 0 Å². The van der Waals surface area contributed by atoms with Crippen molar-refractivity contribution in [1.29, 1.82) is 0 Å². The molecule has 2 rings (SSSR count). The number of anilines is 1. The summed E-state index contributed by atoms with van der Waals surface area (Å²) in [7, 11) is 0. The Morgan fingerprint density at radius 2 is 2.13 bits per heavy atom. The Labute approximate surface area is 93.1 Å². The molecule has 2 N–H and O–H groups in total. The molecule has 5 nitrogen and oxygen atoms in total. The highest BCUT2D eigenvalue weighted by Gasteiger charge is 2.17. The van der Waals surface area contributed by atoms with E-state index >= 15 is 0 Å². The fourth-order valence-electron chi connectivity index (χ4n) is 1.67. The lowest BCUT2D eigenvalue weighted by molar-refractivity contribution is 0.281. The topological polar surface area (TPSA) is 61.3 Å². The van der Waals surface area contributed by atoms with Gasteiger partial charge in [-0.15, -0.1) is 0 Å². The van der Waals surface area contributed by atoms with Crippen LogP contribution < -0.4 is 10.2 Å². The lowest BCUT2D eigenvalue weighted by Crippen LogP contribution is -2.44. The molecular weight excluding hydrogens is 216 g/mol. The van der Waals surface area contributed by atoms with Crippen LogP contribution in [0.4, 0.5) is 5.82 Å². The fourth-order valence-corrected chi connectivity index (χ4v) is 1.86. The van der Waals surface area contributed by atoms with Crippen LogP contribution in [0.3, 0.4) is 0 Å². The third kappa shape index (κ3) is 2.19. The SMILES string of the molecule is OCc1c(Cl)ncnc1N1CCNCC1. The highest BCUT2D eigenvalue weighted by atomic mass is 35.5. The molecule has 0 spiro atoms. The number of hydrogen-bond donors (Lipinski definition) is 2. The van der Waals surface area contributed by atoms with Crippen LogP contribution in [-0.4, -0.2) is 41.3 Å². The van der Waals surface area contributed by atoms with Crippen LogP contribution in [0.2, 0.25) is 5.15 Å². The molecule has 0 saturated carbocycles. The molecule has 1 aromatic rings. The van der Waals surface area contributed by atoms with Crippen molar-refractivity contribution in [2.45, 2.75) is 6.61 Å². The summed E-state index contributed by atoms with van der Waals surface area (Å²) in [5.74, 6) is 0.749. The van der Waals surface area contributed by atoms with Gasteiger partial charge in [0.05, 0.1) is 12.2 Å². The number of rotatable bonds is 2. The summed E-state index contributed by atoms with van der Waals surface area (Å²) in [4.78, 5) is 10.1. The van der Waals surface area contributed by atoms with Gasteiger partial charge in [-0.25, -0.2) is 9.97 Å². The van der Waals surface area contributed by atoms with E-state index in [0.29, 0.717) is 10.7 Å². The molecule has 2 heterocycles. The summed E-state index contributed by atoms with van der Waals surface area (Å²) in [6.45, 7) is 3.47. The van der Waals surface area contributed by atoms with E-state index in [0.717, 1.165) is 32.0 Å². The number of piperazine rings is 1. The smallest absolute Gasteiger partial charge is 0.140 e. The average molecular weight is 229 g/mol. The van der Waals surface area contributed by atoms with Gasteiger partial charge in [0.1, 0.15) is 17.3 Å². The number of halogens is 1. The van der Waals surface area contributed by atoms with Crippen molar-refractivity contribution in [3.63, 3.8) is 0 Å². The predicted molar refractivity (Wildman–Crippen MR) is 58.0 cm³/mol. The van der Waals surface area contributed by atoms with Gasteiger partial charge in [-0.3, -0.25) is 0 Å². The highest BCUT2D eigenvalue weighted by molar-refractivity contribution is 6.30. The van der Waals surface area contributed by atoms with Gasteiger partial charge in [0.2, 0.25) is 0 Å². The molecule has 0 bridgehead atoms. The second kappa shape index (κ2) is 4.74. The van der Waals surface area contributed by atoms with E-state index in [4.69, 9.17) is 11.6 Å². The Morgan fingerprint density at radius 3 is 2.80 bits per heavy atom. The van der Waals surface area contributed by atoms with E-state index in [1.165, 1.54) is 6.33 Å². The Morgan fingerprint density at radius 1 is 1.40 bits per heavy atom. The normalized spacial score (nSPS) is 16.8. The van der Waals surface area contributed by atoms with Crippen LogP contribution >= 0.6 is 11.6 Å². The van der Waals surface area contributed by atoms with Crippen LogP contribution in [0.5, 0.6) is 0 Å². The second-order valence-electron chi connectivity index (χ2n) is 3.36. The quantitative estimate of drug-likeness (QED) is 0.700. The summed E-state index contributed by atoms with van der Waals surface area (Å²) in [6.07, 6.45) is 1.43. The molecule has 6 heteroatoms. The minimum Gasteiger partial charge on any atom is -0.391 e. The molecule has 0 unspecified atom stereocenters. The average Bonchev–Trinajstić information content (AvgIpc) is 2.30. The van der Waals surface area contributed by atoms with E-state index in [1.807, 2.05) is 0 Å². The molecule has 0 aromatic carbocycles. The minimum atomic E-state index is -0.126. The van der Waals surface area contributed by atoms with Crippen molar-refractivity contribution in [3.05, 3.63) is 17.0 Å². The third-order valence-corrected chi connectivity index (χ3v) is 2.77. The van der Waals surface area contributed by atoms with Gasteiger partial charge in [0.25, 0.3) is 0 Å². The molecule has 15 heavy (non-hydrogen) atoms. The first-order valence-corrected chi connectivity index (χ1v) is 5.26. The maximum Gasteiger partial charge on any atom is 0.140 e. The standard InChI is InChI=1S/C9H13ClN4O/c10-8-7(5-15)9(13-6-12-8)14-3-1-11-2-4-14/h6,11,15H,1-5H2. The first-order valence-electron chi connectivity index (χ1n) is 4.89. The predicted octanol–water partition coefficient (Wildman–Crippen LogP) is 0.0319. The monoisotopic (exact) mass is 228 g/mol. The Balaban J connectivity index is 2.29. The summed E-state index contributed by atoms with van der Waals surface area (Å²) in [6, 6.07) is 0. The van der Waals surface area contributed by atoms with E-state index in [1.54, 1.807) is 0 Å². The first-order chi connectivity index (χ1) is 7.33. The maximum atomic E-state index is 9.22. The van der Waals surface area contributed by atoms with Crippen molar-refractivity contribution in [2.24, 2.45) is 0 Å². The maximum absolute atomic E-state index is 9.22. The van der Waals surface area contributed by atoms with E-state index in [2.05, 4.69) is 20.2 Å². The minimum absolute atomic E-state index is 0.126. The zero-order valence-electron chi connectivity index (χ0n) is 8.28. The largest absolute Gasteiger partial charge is 0.391 e. The van der Waals surface area contributed by atoms with Gasteiger partial charge < -0.3 is 15.3 Å². The van der Waals surface area contributed by atoms with Crippen LogP contribution in [0.15, 0.2) is 6.33 Å². The number of aliphatic hydroxyl groups is 1. The van der Waals surface area contributed by atoms with E-state index < -0.39 is 0 Å². The van der Waals surface area contributed by atoms with Gasteiger partial charge in [-0.2, -0.15) is 0 Å². The zero-order chi connectivity index (χ0) is 10.7. The molecular formula is C9H13ClN4O. The summed E-state index contributed by atoms with van der Waals surface area (Å²) < 4.78 is 0. The molecule has 1 aromatic heterocycles. The molecule has 0 atom stereocenters. The number of nitrogens with zero attached hydrogens (tertiary/aromatic N) is 3. The molecule has 1 aliphatic rings. The van der Waals surface area contributed by atoms with Gasteiger partial charge in [-0.05, 0) is 0 Å². The van der Waals surface area contributed by atoms with Crippen molar-refractivity contribution >= 4 is 17.4 Å². The summed E-state index contributed by atoms with van der Waals surface area (Å²) in [5, 5.41) is 12.8. The molecule has 0 radical (unpaired) electrons. The lowest BCUT2D eigenvalue weighted by Gasteiger charge is -2.29. The molecule has 0 aliphatic carbocycles. The Kier molecular flexibility index (Phi) is 3.35. The van der Waals surface area contributed by atoms with Crippen LogP contribution in [0, 0.1) is 0 Å². The molecule has 0 amide bonds. The molecule has 1 fully saturated rings. The third-order valence-electron chi connectivity index (χ3n) is 2.44. The lowest BCUT2D eigenvalue weighted by atomic mass is 10.2. The summed E-state index contributed by atoms with van der Waals surface area (Å²) in [5.41, 5.74) is 0.612. The van der Waals surface area contributed by atoms with Gasteiger partial charge in [-0.1, -0.05) is 11.6 Å². The zero-order valence-corrected chi connectivity index (χ0v) is 9.04. The van der Waals surface area contributed by atoms with Gasteiger partial charge in [0.15, 0.2) is 0 Å². The Bertz CT molecular complexity index is 341. The summed E-state index contributed by atoms with van der Waals surface area (Å²) >= 11 is 5.90. The van der Waals surface area contributed by atoms with Gasteiger partial charge in [0, 0.05) is 26.2 Å². The van der Waals surface area contributed by atoms with E-state index in [9.17, 15) is 5.11 Å². The van der Waals surface area contributed by atoms with Crippen molar-refractivity contribution in [3.8, 4) is 0 Å². The van der Waals surface area contributed by atoms with Crippen LogP contribution in [0.1, 0.15) is 5.56 Å². The molecule has 1 saturated heterocycles. The van der Waals surface area contributed by atoms with Crippen molar-refractivity contribution in [2.75, 3.05) is 31.1 Å².